The van der Waals surface area contributed by atoms with Crippen LogP contribution in [0.1, 0.15) is 11.1 Å². The Morgan fingerprint density at radius 3 is 2.48 bits per heavy atom. The minimum Gasteiger partial charge on any atom is -0.497 e. The number of hydrogen-bond donors (Lipinski definition) is 1. The number of methoxy groups -OCH3 is 1. The molecule has 0 spiro atoms. The number of carbonyl (C=O) groups is 1. The summed E-state index contributed by atoms with van der Waals surface area (Å²) in [6, 6.07) is 11.6. The number of para-hydroxylation sites is 1. The van der Waals surface area contributed by atoms with Crippen molar-refractivity contribution >= 4 is 17.8 Å². The standard InChI is InChI=1S/C17H15F3N2O3/c1-24-13-8-6-12(7-9-13)10-21-25-11-16(23)22-15-5-3-2-4-14(15)17(18,19)20/h2-10H,11H2,1H3,(H,22,23)/b21-10-. The first kappa shape index (κ1) is 18.3. The van der Waals surface area contributed by atoms with E-state index in [2.05, 4.69) is 10.5 Å². The molecule has 5 nitrogen and oxygen atoms in total. The molecule has 0 radical (unpaired) electrons. The second kappa shape index (κ2) is 8.18. The molecule has 1 amide bonds. The highest BCUT2D eigenvalue weighted by Gasteiger charge is 2.33. The van der Waals surface area contributed by atoms with Crippen LogP contribution in [0.3, 0.4) is 0 Å². The van der Waals surface area contributed by atoms with Gasteiger partial charge in [0.05, 0.1) is 24.6 Å². The zero-order valence-corrected chi connectivity index (χ0v) is 13.2. The molecule has 0 aromatic heterocycles. The van der Waals surface area contributed by atoms with Gasteiger partial charge in [-0.05, 0) is 42.0 Å². The van der Waals surface area contributed by atoms with Crippen molar-refractivity contribution in [3.05, 3.63) is 59.7 Å². The maximum Gasteiger partial charge on any atom is 0.418 e. The van der Waals surface area contributed by atoms with E-state index in [1.165, 1.54) is 24.4 Å². The Labute approximate surface area is 142 Å². The highest BCUT2D eigenvalue weighted by molar-refractivity contribution is 5.92. The zero-order chi connectivity index (χ0) is 18.3. The van der Waals surface area contributed by atoms with Gasteiger partial charge < -0.3 is 14.9 Å². The average Bonchev–Trinajstić information content (AvgIpc) is 2.59. The lowest BCUT2D eigenvalue weighted by atomic mass is 10.1. The van der Waals surface area contributed by atoms with Crippen LogP contribution in [0.2, 0.25) is 0 Å². The Kier molecular flexibility index (Phi) is 5.99. The molecule has 0 saturated heterocycles. The number of amides is 1. The summed E-state index contributed by atoms with van der Waals surface area (Å²) in [5.41, 5.74) is -0.545. The average molecular weight is 352 g/mol. The number of hydrogen-bond acceptors (Lipinski definition) is 4. The van der Waals surface area contributed by atoms with Crippen LogP contribution in [0.5, 0.6) is 5.75 Å². The molecule has 132 valence electrons. The summed E-state index contributed by atoms with van der Waals surface area (Å²) >= 11 is 0. The molecule has 0 aliphatic heterocycles. The Hall–Kier alpha value is -3.03. The molecule has 0 aliphatic rings. The molecule has 1 N–H and O–H groups in total. The molecule has 2 rings (SSSR count). The summed E-state index contributed by atoms with van der Waals surface area (Å²) in [6.45, 7) is -0.515. The van der Waals surface area contributed by atoms with Crippen molar-refractivity contribution in [2.75, 3.05) is 19.0 Å². The van der Waals surface area contributed by atoms with Gasteiger partial charge in [-0.3, -0.25) is 4.79 Å². The number of rotatable bonds is 6. The van der Waals surface area contributed by atoms with Gasteiger partial charge in [0.1, 0.15) is 5.75 Å². The molecule has 0 saturated carbocycles. The van der Waals surface area contributed by atoms with E-state index in [4.69, 9.17) is 9.57 Å². The fourth-order valence-electron chi connectivity index (χ4n) is 1.91. The van der Waals surface area contributed by atoms with Crippen molar-refractivity contribution < 1.29 is 27.5 Å². The number of nitrogens with zero attached hydrogens (tertiary/aromatic N) is 1. The summed E-state index contributed by atoms with van der Waals surface area (Å²) in [7, 11) is 1.54. The molecule has 8 heteroatoms. The van der Waals surface area contributed by atoms with Crippen molar-refractivity contribution in [1.29, 1.82) is 0 Å². The molecule has 0 aliphatic carbocycles. The number of halogens is 3. The van der Waals surface area contributed by atoms with Crippen LogP contribution in [-0.4, -0.2) is 25.8 Å². The number of benzene rings is 2. The number of alkyl halides is 3. The SMILES string of the molecule is COc1ccc(/C=N\OCC(=O)Nc2ccccc2C(F)(F)F)cc1. The molecule has 25 heavy (non-hydrogen) atoms. The van der Waals surface area contributed by atoms with E-state index in [1.807, 2.05) is 0 Å². The molecule has 2 aromatic rings. The molecule has 0 bridgehead atoms. The molecular formula is C17H15F3N2O3. The van der Waals surface area contributed by atoms with E-state index in [0.29, 0.717) is 11.3 Å². The molecule has 0 heterocycles. The minimum absolute atomic E-state index is 0.331. The largest absolute Gasteiger partial charge is 0.497 e. The first-order valence-corrected chi connectivity index (χ1v) is 7.15. The maximum atomic E-state index is 12.8. The van der Waals surface area contributed by atoms with E-state index in [9.17, 15) is 18.0 Å². The van der Waals surface area contributed by atoms with Crippen molar-refractivity contribution in [3.8, 4) is 5.75 Å². The van der Waals surface area contributed by atoms with Crippen LogP contribution >= 0.6 is 0 Å². The summed E-state index contributed by atoms with van der Waals surface area (Å²) < 4.78 is 43.5. The predicted molar refractivity (Wildman–Crippen MR) is 86.6 cm³/mol. The second-order valence-corrected chi connectivity index (χ2v) is 4.87. The van der Waals surface area contributed by atoms with Crippen LogP contribution < -0.4 is 10.1 Å². The van der Waals surface area contributed by atoms with E-state index in [1.54, 1.807) is 31.4 Å². The monoisotopic (exact) mass is 352 g/mol. The fraction of sp³-hybridized carbons (Fsp3) is 0.176. The van der Waals surface area contributed by atoms with Crippen LogP contribution in [0.4, 0.5) is 18.9 Å². The lowest BCUT2D eigenvalue weighted by molar-refractivity contribution is -0.137. The second-order valence-electron chi connectivity index (χ2n) is 4.87. The Morgan fingerprint density at radius 2 is 1.84 bits per heavy atom. The van der Waals surface area contributed by atoms with E-state index in [-0.39, 0.29) is 5.69 Å². The quantitative estimate of drug-likeness (QED) is 0.637. The summed E-state index contributed by atoms with van der Waals surface area (Å²) in [6.07, 6.45) is -3.19. The third-order valence-corrected chi connectivity index (χ3v) is 3.09. The summed E-state index contributed by atoms with van der Waals surface area (Å²) in [5.74, 6) is -0.0654. The van der Waals surface area contributed by atoms with Crippen molar-refractivity contribution in [3.63, 3.8) is 0 Å². The molecular weight excluding hydrogens is 337 g/mol. The zero-order valence-electron chi connectivity index (χ0n) is 13.2. The summed E-state index contributed by atoms with van der Waals surface area (Å²) in [5, 5.41) is 5.76. The highest BCUT2D eigenvalue weighted by Crippen LogP contribution is 2.34. The van der Waals surface area contributed by atoms with Gasteiger partial charge >= 0.3 is 6.18 Å². The third kappa shape index (κ3) is 5.52. The number of ether oxygens (including phenoxy) is 1. The van der Waals surface area contributed by atoms with Gasteiger partial charge in [-0.25, -0.2) is 0 Å². The van der Waals surface area contributed by atoms with Crippen molar-refractivity contribution in [1.82, 2.24) is 0 Å². The van der Waals surface area contributed by atoms with Gasteiger partial charge in [-0.1, -0.05) is 17.3 Å². The smallest absolute Gasteiger partial charge is 0.418 e. The fourth-order valence-corrected chi connectivity index (χ4v) is 1.91. The van der Waals surface area contributed by atoms with Gasteiger partial charge in [0.25, 0.3) is 5.91 Å². The van der Waals surface area contributed by atoms with Crippen LogP contribution in [0, 0.1) is 0 Å². The Morgan fingerprint density at radius 1 is 1.16 bits per heavy atom. The van der Waals surface area contributed by atoms with Gasteiger partial charge in [0, 0.05) is 0 Å². The number of oxime groups is 1. The van der Waals surface area contributed by atoms with Gasteiger partial charge in [-0.15, -0.1) is 0 Å². The lowest BCUT2D eigenvalue weighted by Gasteiger charge is -2.12. The number of nitrogens with one attached hydrogen (secondary N) is 1. The normalized spacial score (nSPS) is 11.4. The molecule has 0 unspecified atom stereocenters. The Bertz CT molecular complexity index is 744. The highest BCUT2D eigenvalue weighted by atomic mass is 19.4. The van der Waals surface area contributed by atoms with Crippen LogP contribution in [0.25, 0.3) is 0 Å². The van der Waals surface area contributed by atoms with Crippen molar-refractivity contribution in [2.24, 2.45) is 5.16 Å². The predicted octanol–water partition coefficient (Wildman–Crippen LogP) is 3.70. The number of carbonyl (C=O) groups excluding carboxylic acids is 1. The molecule has 0 fully saturated rings. The van der Waals surface area contributed by atoms with Gasteiger partial charge in [0.15, 0.2) is 6.61 Å². The van der Waals surface area contributed by atoms with Crippen LogP contribution in [0.15, 0.2) is 53.7 Å². The van der Waals surface area contributed by atoms with E-state index in [0.717, 1.165) is 6.07 Å². The minimum atomic E-state index is -4.56. The van der Waals surface area contributed by atoms with Crippen molar-refractivity contribution in [2.45, 2.75) is 6.18 Å². The number of anilines is 1. The lowest BCUT2D eigenvalue weighted by Crippen LogP contribution is -2.20. The topological polar surface area (TPSA) is 59.9 Å². The van der Waals surface area contributed by atoms with E-state index >= 15 is 0 Å². The van der Waals surface area contributed by atoms with Gasteiger partial charge in [0.2, 0.25) is 0 Å². The third-order valence-electron chi connectivity index (χ3n) is 3.09. The Balaban J connectivity index is 1.88. The van der Waals surface area contributed by atoms with Crippen LogP contribution in [-0.2, 0) is 15.8 Å². The maximum absolute atomic E-state index is 12.8. The first-order chi connectivity index (χ1) is 11.9. The molecule has 2 aromatic carbocycles. The molecule has 0 atom stereocenters. The van der Waals surface area contributed by atoms with Gasteiger partial charge in [-0.2, -0.15) is 13.2 Å². The van der Waals surface area contributed by atoms with E-state index < -0.39 is 24.3 Å². The first-order valence-electron chi connectivity index (χ1n) is 7.15. The summed E-state index contributed by atoms with van der Waals surface area (Å²) in [4.78, 5) is 16.5.